The number of pyridine rings is 1. The number of anilines is 2. The predicted molar refractivity (Wildman–Crippen MR) is 136 cm³/mol. The molecule has 0 bridgehead atoms. The van der Waals surface area contributed by atoms with Crippen molar-refractivity contribution in [3.63, 3.8) is 0 Å². The van der Waals surface area contributed by atoms with Crippen LogP contribution in [0.5, 0.6) is 0 Å². The third-order valence-corrected chi connectivity index (χ3v) is 6.23. The van der Waals surface area contributed by atoms with Gasteiger partial charge in [-0.05, 0) is 55.7 Å². The van der Waals surface area contributed by atoms with Crippen molar-refractivity contribution in [1.82, 2.24) is 20.1 Å². The van der Waals surface area contributed by atoms with Crippen molar-refractivity contribution < 1.29 is 9.59 Å². The number of amides is 2. The first-order valence-corrected chi connectivity index (χ1v) is 11.7. The Balaban J connectivity index is 1.46. The molecule has 1 fully saturated rings. The first-order valence-electron chi connectivity index (χ1n) is 11.3. The number of halogens is 1. The van der Waals surface area contributed by atoms with E-state index >= 15 is 0 Å². The van der Waals surface area contributed by atoms with Crippen molar-refractivity contribution >= 4 is 35.1 Å². The molecular weight excluding hydrogens is 464 g/mol. The van der Waals surface area contributed by atoms with Gasteiger partial charge >= 0.3 is 0 Å². The minimum absolute atomic E-state index is 0.171. The van der Waals surface area contributed by atoms with Gasteiger partial charge in [-0.2, -0.15) is 5.10 Å². The fourth-order valence-electron chi connectivity index (χ4n) is 3.81. The molecule has 9 heteroatoms. The lowest BCUT2D eigenvalue weighted by atomic mass is 9.93. The molecule has 0 aliphatic heterocycles. The number of rotatable bonds is 6. The minimum Gasteiger partial charge on any atom is -0.384 e. The molecule has 5 rings (SSSR count). The van der Waals surface area contributed by atoms with Gasteiger partial charge in [0.15, 0.2) is 5.69 Å². The van der Waals surface area contributed by atoms with E-state index < -0.39 is 5.91 Å². The first kappa shape index (κ1) is 22.6. The minimum atomic E-state index is -0.441. The normalized spacial score (nSPS) is 13.2. The number of hydrogen-bond donors (Lipinski definition) is 3. The van der Waals surface area contributed by atoms with Crippen molar-refractivity contribution in [2.75, 3.05) is 11.1 Å². The number of aromatic nitrogens is 3. The van der Waals surface area contributed by atoms with Gasteiger partial charge in [-0.15, -0.1) is 0 Å². The van der Waals surface area contributed by atoms with E-state index in [1.807, 2.05) is 30.3 Å². The highest BCUT2D eigenvalue weighted by Gasteiger charge is 2.24. The molecule has 2 aromatic carbocycles. The number of carbonyl (C=O) groups excluding carboxylic acids is 2. The number of nitrogens with zero attached hydrogens (tertiary/aromatic N) is 3. The zero-order chi connectivity index (χ0) is 24.4. The van der Waals surface area contributed by atoms with E-state index in [4.69, 9.17) is 17.3 Å². The van der Waals surface area contributed by atoms with Crippen LogP contribution in [0.3, 0.4) is 0 Å². The lowest BCUT2D eigenvalue weighted by Crippen LogP contribution is -2.39. The van der Waals surface area contributed by atoms with Crippen LogP contribution in [0.4, 0.5) is 11.6 Å². The monoisotopic (exact) mass is 486 g/mol. The van der Waals surface area contributed by atoms with E-state index in [0.717, 1.165) is 19.3 Å². The predicted octanol–water partition coefficient (Wildman–Crippen LogP) is 4.70. The molecule has 1 aliphatic carbocycles. The number of benzene rings is 2. The number of nitrogens with two attached hydrogens (primary N) is 1. The quantitative estimate of drug-likeness (QED) is 0.365. The van der Waals surface area contributed by atoms with Crippen molar-refractivity contribution in [2.24, 2.45) is 0 Å². The number of nitrogens with one attached hydrogen (secondary N) is 2. The van der Waals surface area contributed by atoms with Crippen LogP contribution in [-0.2, 0) is 0 Å². The van der Waals surface area contributed by atoms with Gasteiger partial charge in [-0.25, -0.2) is 9.67 Å². The van der Waals surface area contributed by atoms with Gasteiger partial charge in [0.2, 0.25) is 0 Å². The van der Waals surface area contributed by atoms with Gasteiger partial charge in [-0.1, -0.05) is 41.9 Å². The maximum atomic E-state index is 13.3. The average Bonchev–Trinajstić information content (AvgIpc) is 3.26. The molecule has 1 saturated carbocycles. The van der Waals surface area contributed by atoms with Gasteiger partial charge < -0.3 is 16.4 Å². The highest BCUT2D eigenvalue weighted by atomic mass is 35.5. The van der Waals surface area contributed by atoms with Crippen LogP contribution in [0.15, 0.2) is 72.8 Å². The lowest BCUT2D eigenvalue weighted by molar-refractivity contribution is 0.0910. The standard InChI is InChI=1S/C26H23ClN6O2/c27-20-13-12-16(21-10-5-11-23(28)30-21)14-19(20)25(34)31-24-15-22(26(35)29-17-6-4-7-17)32-33(24)18-8-2-1-3-9-18/h1-3,5,8-15,17H,4,6-7H2,(H2,28,30)(H,29,35)(H,31,34). The molecule has 0 saturated heterocycles. The largest absolute Gasteiger partial charge is 0.384 e. The second kappa shape index (κ2) is 9.60. The summed E-state index contributed by atoms with van der Waals surface area (Å²) in [6.07, 6.45) is 3.03. The van der Waals surface area contributed by atoms with E-state index in [1.165, 1.54) is 4.68 Å². The molecule has 1 aliphatic rings. The van der Waals surface area contributed by atoms with Gasteiger partial charge in [0, 0.05) is 17.7 Å². The molecule has 4 aromatic rings. The molecule has 0 radical (unpaired) electrons. The summed E-state index contributed by atoms with van der Waals surface area (Å²) in [5.41, 5.74) is 8.32. The molecule has 8 nitrogen and oxygen atoms in total. The van der Waals surface area contributed by atoms with Crippen molar-refractivity contribution in [1.29, 1.82) is 0 Å². The van der Waals surface area contributed by atoms with Gasteiger partial charge in [0.25, 0.3) is 11.8 Å². The average molecular weight is 487 g/mol. The first-order chi connectivity index (χ1) is 17.0. The summed E-state index contributed by atoms with van der Waals surface area (Å²) in [7, 11) is 0. The van der Waals surface area contributed by atoms with Crippen LogP contribution in [0.25, 0.3) is 16.9 Å². The molecular formula is C26H23ClN6O2. The van der Waals surface area contributed by atoms with E-state index in [9.17, 15) is 9.59 Å². The van der Waals surface area contributed by atoms with Gasteiger partial charge in [0.1, 0.15) is 11.6 Å². The van der Waals surface area contributed by atoms with Gasteiger partial charge in [-0.3, -0.25) is 9.59 Å². The Labute approximate surface area is 207 Å². The summed E-state index contributed by atoms with van der Waals surface area (Å²) in [6.45, 7) is 0. The number of nitrogen functional groups attached to an aromatic ring is 1. The highest BCUT2D eigenvalue weighted by molar-refractivity contribution is 6.34. The Bertz CT molecular complexity index is 1400. The molecule has 0 spiro atoms. The van der Waals surface area contributed by atoms with Crippen LogP contribution in [0, 0.1) is 0 Å². The summed E-state index contributed by atoms with van der Waals surface area (Å²) in [5.74, 6) is 0.0165. The van der Waals surface area contributed by atoms with Crippen molar-refractivity contribution in [3.8, 4) is 16.9 Å². The number of carbonyl (C=O) groups is 2. The molecule has 176 valence electrons. The molecule has 35 heavy (non-hydrogen) atoms. The van der Waals surface area contributed by atoms with Crippen LogP contribution in [0.1, 0.15) is 40.1 Å². The lowest BCUT2D eigenvalue weighted by Gasteiger charge is -2.25. The topological polar surface area (TPSA) is 115 Å². The third-order valence-electron chi connectivity index (χ3n) is 5.90. The SMILES string of the molecule is Nc1cccc(-c2ccc(Cl)c(C(=O)Nc3cc(C(=O)NC4CCC4)nn3-c3ccccc3)c2)n1. The van der Waals surface area contributed by atoms with Crippen molar-refractivity contribution in [2.45, 2.75) is 25.3 Å². The summed E-state index contributed by atoms with van der Waals surface area (Å²) < 4.78 is 1.53. The molecule has 0 unspecified atom stereocenters. The van der Waals surface area contributed by atoms with E-state index in [0.29, 0.717) is 28.6 Å². The van der Waals surface area contributed by atoms with Crippen LogP contribution in [-0.4, -0.2) is 32.6 Å². The van der Waals surface area contributed by atoms with E-state index in [2.05, 4.69) is 20.7 Å². The maximum Gasteiger partial charge on any atom is 0.272 e. The fourth-order valence-corrected chi connectivity index (χ4v) is 4.02. The summed E-state index contributed by atoms with van der Waals surface area (Å²) in [5, 5.41) is 10.6. The Kier molecular flexibility index (Phi) is 6.20. The number of hydrogen-bond acceptors (Lipinski definition) is 5. The molecule has 2 heterocycles. The Morgan fingerprint density at radius 3 is 2.49 bits per heavy atom. The summed E-state index contributed by atoms with van der Waals surface area (Å²) >= 11 is 6.38. The third kappa shape index (κ3) is 4.88. The maximum absolute atomic E-state index is 13.3. The Hall–Kier alpha value is -4.17. The van der Waals surface area contributed by atoms with Crippen LogP contribution in [0.2, 0.25) is 5.02 Å². The van der Waals surface area contributed by atoms with Crippen LogP contribution < -0.4 is 16.4 Å². The summed E-state index contributed by atoms with van der Waals surface area (Å²) in [6, 6.07) is 21.4. The van der Waals surface area contributed by atoms with E-state index in [-0.39, 0.29) is 28.2 Å². The van der Waals surface area contributed by atoms with Crippen molar-refractivity contribution in [3.05, 3.63) is 89.1 Å². The number of para-hydroxylation sites is 1. The zero-order valence-electron chi connectivity index (χ0n) is 18.7. The molecule has 0 atom stereocenters. The second-order valence-electron chi connectivity index (χ2n) is 8.36. The Morgan fingerprint density at radius 1 is 0.971 bits per heavy atom. The smallest absolute Gasteiger partial charge is 0.272 e. The fraction of sp³-hybridized carbons (Fsp3) is 0.154. The van der Waals surface area contributed by atoms with E-state index in [1.54, 1.807) is 42.5 Å². The van der Waals surface area contributed by atoms with Gasteiger partial charge in [0.05, 0.1) is 22.0 Å². The highest BCUT2D eigenvalue weighted by Crippen LogP contribution is 2.26. The molecule has 2 amide bonds. The second-order valence-corrected chi connectivity index (χ2v) is 8.77. The molecule has 4 N–H and O–H groups in total. The zero-order valence-corrected chi connectivity index (χ0v) is 19.5. The summed E-state index contributed by atoms with van der Waals surface area (Å²) in [4.78, 5) is 30.4. The molecule has 2 aromatic heterocycles. The Morgan fingerprint density at radius 2 is 1.77 bits per heavy atom. The van der Waals surface area contributed by atoms with Crippen LogP contribution >= 0.6 is 11.6 Å².